The molecule has 1 aromatic carbocycles. The molecule has 0 aromatic heterocycles. The van der Waals surface area contributed by atoms with E-state index in [1.807, 2.05) is 6.92 Å². The first-order valence-electron chi connectivity index (χ1n) is 6.65. The Morgan fingerprint density at radius 3 is 2.72 bits per heavy atom. The standard InChI is InChI=1S/C14H19N3O/c1-10-14(18)16-13(15-10)11-5-4-6-12(9-11)17-7-2-3-8-17/h4-6,9-10,13,15H,2-3,7-8H2,1H3,(H,16,18). The van der Waals surface area contributed by atoms with Gasteiger partial charge in [-0.2, -0.15) is 0 Å². The molecule has 4 nitrogen and oxygen atoms in total. The van der Waals surface area contributed by atoms with E-state index in [0.29, 0.717) is 0 Å². The Kier molecular flexibility index (Phi) is 2.96. The van der Waals surface area contributed by atoms with Crippen molar-refractivity contribution in [3.8, 4) is 0 Å². The van der Waals surface area contributed by atoms with Crippen molar-refractivity contribution in [1.82, 2.24) is 10.6 Å². The monoisotopic (exact) mass is 245 g/mol. The SMILES string of the molecule is CC1NC(c2cccc(N3CCCC3)c2)NC1=O. The Morgan fingerprint density at radius 1 is 1.28 bits per heavy atom. The smallest absolute Gasteiger partial charge is 0.238 e. The van der Waals surface area contributed by atoms with Gasteiger partial charge in [-0.05, 0) is 37.5 Å². The van der Waals surface area contributed by atoms with Crippen LogP contribution in [-0.2, 0) is 4.79 Å². The zero-order valence-electron chi connectivity index (χ0n) is 10.6. The molecule has 2 atom stereocenters. The molecule has 2 heterocycles. The third-order valence-corrected chi connectivity index (χ3v) is 3.77. The van der Waals surface area contributed by atoms with E-state index in [0.717, 1.165) is 18.7 Å². The highest BCUT2D eigenvalue weighted by Gasteiger charge is 2.28. The molecule has 0 aliphatic carbocycles. The van der Waals surface area contributed by atoms with E-state index in [1.165, 1.54) is 18.5 Å². The molecule has 2 aliphatic rings. The summed E-state index contributed by atoms with van der Waals surface area (Å²) in [6, 6.07) is 8.36. The van der Waals surface area contributed by atoms with Crippen LogP contribution in [0.2, 0.25) is 0 Å². The summed E-state index contributed by atoms with van der Waals surface area (Å²) in [5.74, 6) is 0.0755. The summed E-state index contributed by atoms with van der Waals surface area (Å²) >= 11 is 0. The normalized spacial score (nSPS) is 27.6. The molecular weight excluding hydrogens is 226 g/mol. The van der Waals surface area contributed by atoms with Crippen LogP contribution in [0.1, 0.15) is 31.5 Å². The lowest BCUT2D eigenvalue weighted by Gasteiger charge is -2.20. The van der Waals surface area contributed by atoms with Gasteiger partial charge in [-0.15, -0.1) is 0 Å². The summed E-state index contributed by atoms with van der Waals surface area (Å²) in [6.07, 6.45) is 2.51. The van der Waals surface area contributed by atoms with Gasteiger partial charge >= 0.3 is 0 Å². The van der Waals surface area contributed by atoms with E-state index in [4.69, 9.17) is 0 Å². The van der Waals surface area contributed by atoms with Crippen molar-refractivity contribution in [2.45, 2.75) is 32.0 Å². The van der Waals surface area contributed by atoms with E-state index in [-0.39, 0.29) is 18.1 Å². The minimum Gasteiger partial charge on any atom is -0.372 e. The van der Waals surface area contributed by atoms with Crippen molar-refractivity contribution >= 4 is 11.6 Å². The predicted octanol–water partition coefficient (Wildman–Crippen LogP) is 1.39. The van der Waals surface area contributed by atoms with Gasteiger partial charge in [0.15, 0.2) is 0 Å². The van der Waals surface area contributed by atoms with E-state index in [2.05, 4.69) is 39.8 Å². The second-order valence-electron chi connectivity index (χ2n) is 5.12. The predicted molar refractivity (Wildman–Crippen MR) is 71.4 cm³/mol. The van der Waals surface area contributed by atoms with Crippen LogP contribution in [0.4, 0.5) is 5.69 Å². The molecule has 18 heavy (non-hydrogen) atoms. The van der Waals surface area contributed by atoms with Crippen LogP contribution >= 0.6 is 0 Å². The van der Waals surface area contributed by atoms with E-state index in [9.17, 15) is 4.79 Å². The topological polar surface area (TPSA) is 44.4 Å². The third-order valence-electron chi connectivity index (χ3n) is 3.77. The van der Waals surface area contributed by atoms with Crippen molar-refractivity contribution in [3.63, 3.8) is 0 Å². The maximum Gasteiger partial charge on any atom is 0.238 e. The fraction of sp³-hybridized carbons (Fsp3) is 0.500. The van der Waals surface area contributed by atoms with E-state index < -0.39 is 0 Å². The molecule has 1 amide bonds. The third kappa shape index (κ3) is 2.08. The van der Waals surface area contributed by atoms with Crippen LogP contribution in [0.3, 0.4) is 0 Å². The summed E-state index contributed by atoms with van der Waals surface area (Å²) in [7, 11) is 0. The number of amides is 1. The summed E-state index contributed by atoms with van der Waals surface area (Å²) in [4.78, 5) is 13.9. The molecule has 2 unspecified atom stereocenters. The molecule has 2 aliphatic heterocycles. The Labute approximate surface area is 107 Å². The van der Waals surface area contributed by atoms with E-state index >= 15 is 0 Å². The van der Waals surface area contributed by atoms with Gasteiger partial charge in [0.25, 0.3) is 0 Å². The fourth-order valence-corrected chi connectivity index (χ4v) is 2.69. The van der Waals surface area contributed by atoms with Gasteiger partial charge in [0, 0.05) is 18.8 Å². The Morgan fingerprint density at radius 2 is 2.06 bits per heavy atom. The Bertz CT molecular complexity index is 454. The number of carbonyl (C=O) groups excluding carboxylic acids is 1. The van der Waals surface area contributed by atoms with Gasteiger partial charge in [0.05, 0.1) is 6.04 Å². The lowest BCUT2D eigenvalue weighted by Crippen LogP contribution is -2.24. The van der Waals surface area contributed by atoms with Gasteiger partial charge < -0.3 is 10.2 Å². The summed E-state index contributed by atoms with van der Waals surface area (Å²) in [5, 5.41) is 6.23. The number of benzene rings is 1. The highest BCUT2D eigenvalue weighted by molar-refractivity contribution is 5.83. The maximum atomic E-state index is 11.5. The molecule has 3 rings (SSSR count). The minimum atomic E-state index is -0.106. The molecule has 0 saturated carbocycles. The first-order valence-corrected chi connectivity index (χ1v) is 6.65. The average Bonchev–Trinajstić information content (AvgIpc) is 3.01. The maximum absolute atomic E-state index is 11.5. The van der Waals surface area contributed by atoms with Crippen LogP contribution in [0.25, 0.3) is 0 Å². The summed E-state index contributed by atoms with van der Waals surface area (Å²) < 4.78 is 0. The number of carbonyl (C=O) groups is 1. The Hall–Kier alpha value is -1.55. The molecule has 0 radical (unpaired) electrons. The zero-order valence-corrected chi connectivity index (χ0v) is 10.6. The molecule has 0 spiro atoms. The quantitative estimate of drug-likeness (QED) is 0.827. The molecule has 2 N–H and O–H groups in total. The van der Waals surface area contributed by atoms with Crippen LogP contribution in [0.15, 0.2) is 24.3 Å². The average molecular weight is 245 g/mol. The van der Waals surface area contributed by atoms with Crippen LogP contribution < -0.4 is 15.5 Å². The van der Waals surface area contributed by atoms with Crippen molar-refractivity contribution in [1.29, 1.82) is 0 Å². The van der Waals surface area contributed by atoms with Crippen molar-refractivity contribution in [2.24, 2.45) is 0 Å². The van der Waals surface area contributed by atoms with Crippen LogP contribution in [-0.4, -0.2) is 25.0 Å². The van der Waals surface area contributed by atoms with Gasteiger partial charge in [0.1, 0.15) is 6.17 Å². The molecule has 2 fully saturated rings. The van der Waals surface area contributed by atoms with Gasteiger partial charge in [-0.3, -0.25) is 10.1 Å². The molecular formula is C14H19N3O. The minimum absolute atomic E-state index is 0.0462. The molecule has 0 bridgehead atoms. The fourth-order valence-electron chi connectivity index (χ4n) is 2.69. The number of nitrogens with zero attached hydrogens (tertiary/aromatic N) is 1. The lowest BCUT2D eigenvalue weighted by atomic mass is 10.1. The van der Waals surface area contributed by atoms with Gasteiger partial charge in [-0.1, -0.05) is 12.1 Å². The van der Waals surface area contributed by atoms with Crippen molar-refractivity contribution in [3.05, 3.63) is 29.8 Å². The molecule has 4 heteroatoms. The van der Waals surface area contributed by atoms with Crippen molar-refractivity contribution in [2.75, 3.05) is 18.0 Å². The van der Waals surface area contributed by atoms with Crippen LogP contribution in [0.5, 0.6) is 0 Å². The highest BCUT2D eigenvalue weighted by atomic mass is 16.2. The number of rotatable bonds is 2. The van der Waals surface area contributed by atoms with E-state index in [1.54, 1.807) is 0 Å². The van der Waals surface area contributed by atoms with Crippen molar-refractivity contribution < 1.29 is 4.79 Å². The highest BCUT2D eigenvalue weighted by Crippen LogP contribution is 2.24. The largest absolute Gasteiger partial charge is 0.372 e. The Balaban J connectivity index is 1.80. The summed E-state index contributed by atoms with van der Waals surface area (Å²) in [6.45, 7) is 4.17. The lowest BCUT2D eigenvalue weighted by molar-refractivity contribution is -0.120. The molecule has 2 saturated heterocycles. The zero-order chi connectivity index (χ0) is 12.5. The molecule has 96 valence electrons. The van der Waals surface area contributed by atoms with Gasteiger partial charge in [0.2, 0.25) is 5.91 Å². The second kappa shape index (κ2) is 4.61. The van der Waals surface area contributed by atoms with Gasteiger partial charge in [-0.25, -0.2) is 0 Å². The van der Waals surface area contributed by atoms with Crippen LogP contribution in [0, 0.1) is 0 Å². The summed E-state index contributed by atoms with van der Waals surface area (Å²) in [5.41, 5.74) is 2.40. The number of hydrogen-bond acceptors (Lipinski definition) is 3. The second-order valence-corrected chi connectivity index (χ2v) is 5.12. The number of anilines is 1. The number of hydrogen-bond donors (Lipinski definition) is 2. The first kappa shape index (κ1) is 11.5. The first-order chi connectivity index (χ1) is 8.74. The number of nitrogens with one attached hydrogen (secondary N) is 2. The molecule has 1 aromatic rings.